The first-order chi connectivity index (χ1) is 16.0. The van der Waals surface area contributed by atoms with E-state index in [1.165, 1.54) is 18.4 Å². The van der Waals surface area contributed by atoms with Crippen molar-refractivity contribution >= 4 is 21.6 Å². The summed E-state index contributed by atoms with van der Waals surface area (Å²) < 4.78 is 28.1. The average molecular weight is 461 g/mol. The molecule has 1 amide bonds. The largest absolute Gasteiger partial charge is 0.352 e. The molecule has 3 aromatic rings. The Morgan fingerprint density at radius 3 is 2.18 bits per heavy atom. The second-order valence-electron chi connectivity index (χ2n) is 8.19. The highest BCUT2D eigenvalue weighted by atomic mass is 32.2. The van der Waals surface area contributed by atoms with E-state index in [0.717, 1.165) is 30.4 Å². The first-order valence-electron chi connectivity index (χ1n) is 11.3. The second-order valence-corrected chi connectivity index (χ2v) is 9.87. The van der Waals surface area contributed by atoms with Crippen molar-refractivity contribution in [3.63, 3.8) is 0 Å². The third-order valence-electron chi connectivity index (χ3n) is 5.79. The molecule has 0 fully saturated rings. The SMILES string of the molecule is O=C(NCCC1=CCCCC1)c1ccc(NS(=O)(=O)c2ccc(-c3ccccc3)cc2)cc1. The van der Waals surface area contributed by atoms with Crippen LogP contribution in [0.15, 0.2) is 95.4 Å². The molecule has 1 aliphatic rings. The van der Waals surface area contributed by atoms with Gasteiger partial charge in [-0.25, -0.2) is 8.42 Å². The third kappa shape index (κ3) is 6.11. The monoisotopic (exact) mass is 460 g/mol. The first-order valence-corrected chi connectivity index (χ1v) is 12.7. The number of hydrogen-bond acceptors (Lipinski definition) is 3. The van der Waals surface area contributed by atoms with Gasteiger partial charge in [-0.2, -0.15) is 0 Å². The molecule has 5 nitrogen and oxygen atoms in total. The highest BCUT2D eigenvalue weighted by molar-refractivity contribution is 7.92. The summed E-state index contributed by atoms with van der Waals surface area (Å²) in [6.07, 6.45) is 7.91. The van der Waals surface area contributed by atoms with Crippen molar-refractivity contribution in [3.8, 4) is 11.1 Å². The van der Waals surface area contributed by atoms with Crippen molar-refractivity contribution in [1.82, 2.24) is 5.32 Å². The number of carbonyl (C=O) groups is 1. The Balaban J connectivity index is 1.34. The van der Waals surface area contributed by atoms with Crippen LogP contribution in [0.1, 0.15) is 42.5 Å². The van der Waals surface area contributed by atoms with Gasteiger partial charge in [0.1, 0.15) is 0 Å². The fourth-order valence-electron chi connectivity index (χ4n) is 3.93. The summed E-state index contributed by atoms with van der Waals surface area (Å²) in [6, 6.07) is 23.0. The molecule has 0 atom stereocenters. The highest BCUT2D eigenvalue weighted by Gasteiger charge is 2.15. The molecule has 33 heavy (non-hydrogen) atoms. The highest BCUT2D eigenvalue weighted by Crippen LogP contribution is 2.23. The van der Waals surface area contributed by atoms with Gasteiger partial charge in [0.2, 0.25) is 0 Å². The molecule has 0 bridgehead atoms. The first kappa shape index (κ1) is 22.8. The van der Waals surface area contributed by atoms with E-state index in [4.69, 9.17) is 0 Å². The molecule has 0 aromatic heterocycles. The van der Waals surface area contributed by atoms with Crippen LogP contribution in [0.25, 0.3) is 11.1 Å². The summed E-state index contributed by atoms with van der Waals surface area (Å²) >= 11 is 0. The number of anilines is 1. The Kier molecular flexibility index (Phi) is 7.25. The average Bonchev–Trinajstić information content (AvgIpc) is 2.85. The van der Waals surface area contributed by atoms with Gasteiger partial charge in [0, 0.05) is 17.8 Å². The number of rotatable bonds is 8. The van der Waals surface area contributed by atoms with Gasteiger partial charge in [-0.3, -0.25) is 9.52 Å². The van der Waals surface area contributed by atoms with Crippen LogP contribution in [-0.2, 0) is 10.0 Å². The molecule has 1 aliphatic carbocycles. The summed E-state index contributed by atoms with van der Waals surface area (Å²) in [7, 11) is -3.73. The van der Waals surface area contributed by atoms with Crippen LogP contribution in [0.4, 0.5) is 5.69 Å². The summed E-state index contributed by atoms with van der Waals surface area (Å²) in [5.41, 5.74) is 4.31. The maximum atomic E-state index is 12.8. The Labute approximate surface area is 195 Å². The molecule has 4 rings (SSSR count). The number of carbonyl (C=O) groups excluding carboxylic acids is 1. The Morgan fingerprint density at radius 1 is 0.818 bits per heavy atom. The van der Waals surface area contributed by atoms with Crippen molar-refractivity contribution in [2.24, 2.45) is 0 Å². The molecule has 0 heterocycles. The second kappa shape index (κ2) is 10.5. The van der Waals surface area contributed by atoms with Gasteiger partial charge in [0.05, 0.1) is 4.90 Å². The van der Waals surface area contributed by atoms with Crippen molar-refractivity contribution in [2.45, 2.75) is 37.0 Å². The number of allylic oxidation sites excluding steroid dienone is 1. The minimum atomic E-state index is -3.73. The van der Waals surface area contributed by atoms with Crippen LogP contribution in [0.5, 0.6) is 0 Å². The van der Waals surface area contributed by atoms with Gasteiger partial charge in [0.15, 0.2) is 0 Å². The van der Waals surface area contributed by atoms with Crippen LogP contribution in [-0.4, -0.2) is 20.9 Å². The number of nitrogens with one attached hydrogen (secondary N) is 2. The normalized spacial score (nSPS) is 13.8. The predicted molar refractivity (Wildman–Crippen MR) is 133 cm³/mol. The van der Waals surface area contributed by atoms with E-state index in [1.807, 2.05) is 30.3 Å². The lowest BCUT2D eigenvalue weighted by molar-refractivity contribution is 0.0954. The minimum absolute atomic E-state index is 0.155. The molecule has 2 N–H and O–H groups in total. The van der Waals surface area contributed by atoms with Crippen molar-refractivity contribution < 1.29 is 13.2 Å². The third-order valence-corrected chi connectivity index (χ3v) is 7.18. The molecule has 0 saturated heterocycles. The van der Waals surface area contributed by atoms with Crippen LogP contribution in [0.3, 0.4) is 0 Å². The molecule has 3 aromatic carbocycles. The minimum Gasteiger partial charge on any atom is -0.352 e. The zero-order chi connectivity index (χ0) is 23.1. The van der Waals surface area contributed by atoms with Gasteiger partial charge in [-0.05, 0) is 79.6 Å². The zero-order valence-corrected chi connectivity index (χ0v) is 19.3. The Morgan fingerprint density at radius 2 is 1.52 bits per heavy atom. The van der Waals surface area contributed by atoms with E-state index in [2.05, 4.69) is 16.1 Å². The molecule has 0 spiro atoms. The van der Waals surface area contributed by atoms with E-state index in [1.54, 1.807) is 48.5 Å². The molecular formula is C27H28N2O3S. The van der Waals surface area contributed by atoms with E-state index in [0.29, 0.717) is 17.8 Å². The Hall–Kier alpha value is -3.38. The van der Waals surface area contributed by atoms with Crippen molar-refractivity contribution in [1.29, 1.82) is 0 Å². The van der Waals surface area contributed by atoms with Crippen LogP contribution in [0, 0.1) is 0 Å². The van der Waals surface area contributed by atoms with Crippen LogP contribution in [0.2, 0.25) is 0 Å². The van der Waals surface area contributed by atoms with Crippen LogP contribution < -0.4 is 10.0 Å². The van der Waals surface area contributed by atoms with Gasteiger partial charge in [-0.15, -0.1) is 0 Å². The fourth-order valence-corrected chi connectivity index (χ4v) is 4.99. The maximum absolute atomic E-state index is 12.8. The quantitative estimate of drug-likeness (QED) is 0.419. The number of amides is 1. The lowest BCUT2D eigenvalue weighted by Crippen LogP contribution is -2.24. The maximum Gasteiger partial charge on any atom is 0.261 e. The van der Waals surface area contributed by atoms with Gasteiger partial charge in [0.25, 0.3) is 15.9 Å². The van der Waals surface area contributed by atoms with E-state index in [9.17, 15) is 13.2 Å². The topological polar surface area (TPSA) is 75.3 Å². The molecule has 170 valence electrons. The number of sulfonamides is 1. The van der Waals surface area contributed by atoms with Gasteiger partial charge < -0.3 is 5.32 Å². The summed E-state index contributed by atoms with van der Waals surface area (Å²) in [5.74, 6) is -0.155. The molecule has 0 saturated carbocycles. The Bertz CT molecular complexity index is 1220. The summed E-state index contributed by atoms with van der Waals surface area (Å²) in [6.45, 7) is 0.609. The molecular weight excluding hydrogens is 432 g/mol. The zero-order valence-electron chi connectivity index (χ0n) is 18.5. The van der Waals surface area contributed by atoms with Crippen LogP contribution >= 0.6 is 0 Å². The van der Waals surface area contributed by atoms with Crippen molar-refractivity contribution in [3.05, 3.63) is 96.1 Å². The standard InChI is InChI=1S/C27H28N2O3S/c30-27(28-20-19-21-7-3-1-4-8-21)24-11-15-25(16-12-24)29-33(31,32)26-17-13-23(14-18-26)22-9-5-2-6-10-22/h2,5-7,9-18,29H,1,3-4,8,19-20H2,(H,28,30). The number of hydrogen-bond donors (Lipinski definition) is 2. The van der Waals surface area contributed by atoms with Gasteiger partial charge >= 0.3 is 0 Å². The van der Waals surface area contributed by atoms with E-state index in [-0.39, 0.29) is 10.8 Å². The smallest absolute Gasteiger partial charge is 0.261 e. The van der Waals surface area contributed by atoms with Crippen molar-refractivity contribution in [2.75, 3.05) is 11.3 Å². The predicted octanol–water partition coefficient (Wildman–Crippen LogP) is 5.77. The fraction of sp³-hybridized carbons (Fsp3) is 0.222. The summed E-state index contributed by atoms with van der Waals surface area (Å²) in [5, 5.41) is 2.94. The molecule has 0 radical (unpaired) electrons. The summed E-state index contributed by atoms with van der Waals surface area (Å²) in [4.78, 5) is 12.6. The van der Waals surface area contributed by atoms with Gasteiger partial charge in [-0.1, -0.05) is 54.1 Å². The molecule has 0 unspecified atom stereocenters. The lowest BCUT2D eigenvalue weighted by atomic mass is 9.97. The molecule has 0 aliphatic heterocycles. The lowest BCUT2D eigenvalue weighted by Gasteiger charge is -2.13. The molecule has 6 heteroatoms. The van der Waals surface area contributed by atoms with E-state index >= 15 is 0 Å². The number of benzene rings is 3. The van der Waals surface area contributed by atoms with E-state index < -0.39 is 10.0 Å².